The lowest BCUT2D eigenvalue weighted by molar-refractivity contribution is 0.0600. The number of anilines is 1. The first kappa shape index (κ1) is 13.9. The number of nitrogen functional groups attached to an aromatic ring is 1. The summed E-state index contributed by atoms with van der Waals surface area (Å²) in [4.78, 5) is 12.3. The predicted molar refractivity (Wildman–Crippen MR) is 72.4 cm³/mol. The van der Waals surface area contributed by atoms with E-state index in [1.54, 1.807) is 23.9 Å². The van der Waals surface area contributed by atoms with Crippen molar-refractivity contribution in [1.29, 1.82) is 0 Å². The molecule has 0 amide bonds. The lowest BCUT2D eigenvalue weighted by Gasteiger charge is -2.08. The number of esters is 1. The van der Waals surface area contributed by atoms with Gasteiger partial charge in [0, 0.05) is 10.6 Å². The first-order valence-corrected chi connectivity index (χ1v) is 6.63. The Morgan fingerprint density at radius 2 is 2.18 bits per heavy atom. The molecule has 94 valence electrons. The lowest BCUT2D eigenvalue weighted by atomic mass is 10.2. The smallest absolute Gasteiger partial charge is 0.337 e. The first-order valence-electron chi connectivity index (χ1n) is 5.65. The molecule has 0 atom stereocenters. The number of hydrogen-bond acceptors (Lipinski definition) is 4. The molecular formula is C13H19NO2S. The van der Waals surface area contributed by atoms with Crippen molar-refractivity contribution in [2.24, 2.45) is 5.92 Å². The molecule has 0 aliphatic heterocycles. The van der Waals surface area contributed by atoms with Gasteiger partial charge in [0.2, 0.25) is 0 Å². The second-order valence-corrected chi connectivity index (χ2v) is 5.41. The summed E-state index contributed by atoms with van der Waals surface area (Å²) in [5.41, 5.74) is 7.04. The van der Waals surface area contributed by atoms with Crippen LogP contribution in [0.5, 0.6) is 0 Å². The molecule has 0 fully saturated rings. The van der Waals surface area contributed by atoms with Crippen LogP contribution in [-0.4, -0.2) is 18.8 Å². The Bertz CT molecular complexity index is 391. The van der Waals surface area contributed by atoms with E-state index in [1.807, 2.05) is 6.07 Å². The van der Waals surface area contributed by atoms with Crippen LogP contribution < -0.4 is 5.73 Å². The minimum atomic E-state index is -0.351. The number of thioether (sulfide) groups is 1. The lowest BCUT2D eigenvalue weighted by Crippen LogP contribution is -2.02. The number of hydrogen-bond donors (Lipinski definition) is 1. The van der Waals surface area contributed by atoms with Gasteiger partial charge in [-0.05, 0) is 36.3 Å². The molecule has 3 nitrogen and oxygen atoms in total. The van der Waals surface area contributed by atoms with E-state index in [9.17, 15) is 4.79 Å². The molecule has 0 aliphatic carbocycles. The number of benzene rings is 1. The molecule has 0 aliphatic rings. The Kier molecular flexibility index (Phi) is 5.35. The molecule has 0 bridgehead atoms. The molecule has 2 N–H and O–H groups in total. The Labute approximate surface area is 107 Å². The van der Waals surface area contributed by atoms with Gasteiger partial charge in [0.25, 0.3) is 0 Å². The van der Waals surface area contributed by atoms with Crippen LogP contribution in [0.15, 0.2) is 23.1 Å². The second-order valence-electron chi connectivity index (χ2n) is 4.28. The highest BCUT2D eigenvalue weighted by Gasteiger charge is 2.08. The van der Waals surface area contributed by atoms with Crippen LogP contribution in [0.2, 0.25) is 0 Å². The van der Waals surface area contributed by atoms with E-state index < -0.39 is 0 Å². The van der Waals surface area contributed by atoms with Crippen molar-refractivity contribution >= 4 is 23.4 Å². The molecule has 1 rings (SSSR count). The molecule has 0 saturated heterocycles. The monoisotopic (exact) mass is 253 g/mol. The summed E-state index contributed by atoms with van der Waals surface area (Å²) in [6, 6.07) is 5.30. The van der Waals surface area contributed by atoms with Crippen molar-refractivity contribution in [2.45, 2.75) is 25.2 Å². The van der Waals surface area contributed by atoms with Crippen LogP contribution in [0.3, 0.4) is 0 Å². The molecule has 1 aromatic rings. The molecule has 0 radical (unpaired) electrons. The number of carbonyl (C=O) groups excluding carboxylic acids is 1. The van der Waals surface area contributed by atoms with Gasteiger partial charge < -0.3 is 10.5 Å². The maximum atomic E-state index is 11.3. The van der Waals surface area contributed by atoms with E-state index in [0.717, 1.165) is 17.1 Å². The van der Waals surface area contributed by atoms with Gasteiger partial charge in [-0.15, -0.1) is 11.8 Å². The standard InChI is InChI=1S/C13H19NO2S/c1-9(2)6-7-17-12-5-4-10(8-11(12)14)13(15)16-3/h4-5,8-9H,6-7,14H2,1-3H3. The molecule has 0 saturated carbocycles. The summed E-state index contributed by atoms with van der Waals surface area (Å²) in [5, 5.41) is 0. The highest BCUT2D eigenvalue weighted by molar-refractivity contribution is 7.99. The molecule has 1 aromatic carbocycles. The van der Waals surface area contributed by atoms with Crippen LogP contribution in [0, 0.1) is 5.92 Å². The Morgan fingerprint density at radius 3 is 2.71 bits per heavy atom. The van der Waals surface area contributed by atoms with Gasteiger partial charge in [0.05, 0.1) is 12.7 Å². The fourth-order valence-corrected chi connectivity index (χ4v) is 2.53. The van der Waals surface area contributed by atoms with Gasteiger partial charge in [-0.3, -0.25) is 0 Å². The zero-order valence-electron chi connectivity index (χ0n) is 10.5. The Hall–Kier alpha value is -1.16. The SMILES string of the molecule is COC(=O)c1ccc(SCCC(C)C)c(N)c1. The quantitative estimate of drug-likeness (QED) is 0.497. The zero-order valence-corrected chi connectivity index (χ0v) is 11.3. The van der Waals surface area contributed by atoms with E-state index in [0.29, 0.717) is 17.2 Å². The fraction of sp³-hybridized carbons (Fsp3) is 0.462. The molecule has 0 spiro atoms. The molecule has 0 heterocycles. The van der Waals surface area contributed by atoms with Gasteiger partial charge in [0.1, 0.15) is 0 Å². The van der Waals surface area contributed by atoms with Crippen molar-refractivity contribution in [3.8, 4) is 0 Å². The fourth-order valence-electron chi connectivity index (χ4n) is 1.33. The highest BCUT2D eigenvalue weighted by Crippen LogP contribution is 2.27. The van der Waals surface area contributed by atoms with Gasteiger partial charge in [0.15, 0.2) is 0 Å². The third-order valence-electron chi connectivity index (χ3n) is 2.38. The minimum absolute atomic E-state index is 0.351. The van der Waals surface area contributed by atoms with Crippen LogP contribution in [0.4, 0.5) is 5.69 Å². The predicted octanol–water partition coefficient (Wildman–Crippen LogP) is 3.19. The van der Waals surface area contributed by atoms with Gasteiger partial charge >= 0.3 is 5.97 Å². The van der Waals surface area contributed by atoms with Crippen LogP contribution in [0.25, 0.3) is 0 Å². The maximum Gasteiger partial charge on any atom is 0.337 e. The van der Waals surface area contributed by atoms with E-state index in [4.69, 9.17) is 5.73 Å². The number of nitrogens with two attached hydrogens (primary N) is 1. The average molecular weight is 253 g/mol. The third kappa shape index (κ3) is 4.30. The maximum absolute atomic E-state index is 11.3. The third-order valence-corrected chi connectivity index (χ3v) is 3.51. The Balaban J connectivity index is 2.66. The summed E-state index contributed by atoms with van der Waals surface area (Å²) < 4.78 is 4.64. The van der Waals surface area contributed by atoms with E-state index >= 15 is 0 Å². The van der Waals surface area contributed by atoms with Crippen molar-refractivity contribution in [3.63, 3.8) is 0 Å². The molecule has 17 heavy (non-hydrogen) atoms. The van der Waals surface area contributed by atoms with Gasteiger partial charge in [-0.25, -0.2) is 4.79 Å². The normalized spacial score (nSPS) is 10.6. The molecule has 0 unspecified atom stereocenters. The van der Waals surface area contributed by atoms with Crippen LogP contribution in [0.1, 0.15) is 30.6 Å². The topological polar surface area (TPSA) is 52.3 Å². The van der Waals surface area contributed by atoms with Gasteiger partial charge in [-0.1, -0.05) is 13.8 Å². The molecular weight excluding hydrogens is 234 g/mol. The molecule has 0 aromatic heterocycles. The Morgan fingerprint density at radius 1 is 1.47 bits per heavy atom. The molecule has 4 heteroatoms. The summed E-state index contributed by atoms with van der Waals surface area (Å²) in [6.07, 6.45) is 1.16. The summed E-state index contributed by atoms with van der Waals surface area (Å²) >= 11 is 1.73. The van der Waals surface area contributed by atoms with Crippen LogP contribution in [-0.2, 0) is 4.74 Å². The van der Waals surface area contributed by atoms with Crippen molar-refractivity contribution < 1.29 is 9.53 Å². The van der Waals surface area contributed by atoms with Crippen molar-refractivity contribution in [3.05, 3.63) is 23.8 Å². The second kappa shape index (κ2) is 6.55. The summed E-state index contributed by atoms with van der Waals surface area (Å²) in [6.45, 7) is 4.40. The average Bonchev–Trinajstić information content (AvgIpc) is 2.29. The van der Waals surface area contributed by atoms with E-state index in [1.165, 1.54) is 7.11 Å². The number of rotatable bonds is 5. The highest BCUT2D eigenvalue weighted by atomic mass is 32.2. The number of ether oxygens (including phenoxy) is 1. The minimum Gasteiger partial charge on any atom is -0.465 e. The van der Waals surface area contributed by atoms with Crippen LogP contribution >= 0.6 is 11.8 Å². The summed E-state index contributed by atoms with van der Waals surface area (Å²) in [7, 11) is 1.36. The van der Waals surface area contributed by atoms with E-state index in [-0.39, 0.29) is 5.97 Å². The van der Waals surface area contributed by atoms with Crippen molar-refractivity contribution in [2.75, 3.05) is 18.6 Å². The summed E-state index contributed by atoms with van der Waals surface area (Å²) in [5.74, 6) is 1.38. The van der Waals surface area contributed by atoms with E-state index in [2.05, 4.69) is 18.6 Å². The number of methoxy groups -OCH3 is 1. The number of carbonyl (C=O) groups is 1. The largest absolute Gasteiger partial charge is 0.465 e. The van der Waals surface area contributed by atoms with Gasteiger partial charge in [-0.2, -0.15) is 0 Å². The zero-order chi connectivity index (χ0) is 12.8. The van der Waals surface area contributed by atoms with Crippen molar-refractivity contribution in [1.82, 2.24) is 0 Å². The first-order chi connectivity index (χ1) is 8.04.